The molecule has 2 aromatic rings. The fourth-order valence-corrected chi connectivity index (χ4v) is 2.72. The molecule has 0 aliphatic carbocycles. The van der Waals surface area contributed by atoms with Crippen LogP contribution in [0.3, 0.4) is 0 Å². The summed E-state index contributed by atoms with van der Waals surface area (Å²) in [6.45, 7) is 6.93. The van der Waals surface area contributed by atoms with Crippen LogP contribution in [0.2, 0.25) is 5.02 Å². The average molecular weight is 410 g/mol. The van der Waals surface area contributed by atoms with E-state index in [0.717, 1.165) is 0 Å². The number of carbonyl (C=O) groups excluding carboxylic acids is 2. The van der Waals surface area contributed by atoms with Crippen molar-refractivity contribution in [3.05, 3.63) is 34.7 Å². The number of aryl methyl sites for hydroxylation is 1. The molecule has 9 heteroatoms. The van der Waals surface area contributed by atoms with Crippen molar-refractivity contribution >= 4 is 23.7 Å². The van der Waals surface area contributed by atoms with Gasteiger partial charge >= 0.3 is 12.1 Å². The maximum atomic E-state index is 12.5. The molecule has 0 fully saturated rings. The minimum atomic E-state index is -0.930. The summed E-state index contributed by atoms with van der Waals surface area (Å²) in [5.41, 5.74) is 0.576. The van der Waals surface area contributed by atoms with Crippen molar-refractivity contribution in [2.45, 2.75) is 45.8 Å². The van der Waals surface area contributed by atoms with Crippen molar-refractivity contribution in [3.8, 4) is 11.5 Å². The molecule has 0 saturated carbocycles. The van der Waals surface area contributed by atoms with Crippen molar-refractivity contribution in [2.24, 2.45) is 0 Å². The van der Waals surface area contributed by atoms with Gasteiger partial charge in [0, 0.05) is 31.0 Å². The van der Waals surface area contributed by atoms with E-state index in [0.29, 0.717) is 27.9 Å². The van der Waals surface area contributed by atoms with E-state index in [1.54, 1.807) is 45.9 Å². The number of hydrogen-bond acceptors (Lipinski definition) is 7. The molecule has 0 aliphatic rings. The van der Waals surface area contributed by atoms with Crippen LogP contribution >= 0.6 is 11.6 Å². The molecule has 1 aromatic heterocycles. The molecular weight excluding hydrogens is 386 g/mol. The predicted molar refractivity (Wildman–Crippen MR) is 103 cm³/mol. The van der Waals surface area contributed by atoms with Crippen molar-refractivity contribution in [3.63, 3.8) is 0 Å². The number of esters is 1. The summed E-state index contributed by atoms with van der Waals surface area (Å²) in [6.07, 6.45) is -0.514. The first-order chi connectivity index (χ1) is 13.0. The topological polar surface area (TPSA) is 94.8 Å². The summed E-state index contributed by atoms with van der Waals surface area (Å²) >= 11 is 6.15. The van der Waals surface area contributed by atoms with Crippen molar-refractivity contribution in [1.82, 2.24) is 15.1 Å². The Labute approximate surface area is 168 Å². The van der Waals surface area contributed by atoms with E-state index < -0.39 is 23.7 Å². The lowest BCUT2D eigenvalue weighted by atomic mass is 9.99. The maximum absolute atomic E-state index is 12.5. The summed E-state index contributed by atoms with van der Waals surface area (Å²) < 4.78 is 15.8. The number of carbonyl (C=O) groups is 2. The number of aromatic nitrogens is 2. The van der Waals surface area contributed by atoms with E-state index in [1.165, 1.54) is 19.1 Å². The van der Waals surface area contributed by atoms with E-state index in [4.69, 9.17) is 25.5 Å². The van der Waals surface area contributed by atoms with Crippen LogP contribution in [-0.4, -0.2) is 53.0 Å². The number of amides is 1. The van der Waals surface area contributed by atoms with Gasteiger partial charge in [-0.1, -0.05) is 11.6 Å². The Hall–Kier alpha value is -2.61. The normalized spacial score (nSPS) is 12.4. The third-order valence-corrected chi connectivity index (χ3v) is 4.09. The zero-order valence-corrected chi connectivity index (χ0v) is 17.5. The molecule has 1 amide bonds. The van der Waals surface area contributed by atoms with Crippen LogP contribution in [0, 0.1) is 6.92 Å². The van der Waals surface area contributed by atoms with Gasteiger partial charge in [0.25, 0.3) is 0 Å². The molecule has 0 spiro atoms. The smallest absolute Gasteiger partial charge is 0.410 e. The zero-order valence-electron chi connectivity index (χ0n) is 16.8. The van der Waals surface area contributed by atoms with Crippen LogP contribution in [0.1, 0.15) is 32.2 Å². The Balaban J connectivity index is 2.38. The molecule has 0 unspecified atom stereocenters. The second-order valence-electron chi connectivity index (χ2n) is 7.26. The maximum Gasteiger partial charge on any atom is 0.410 e. The summed E-state index contributed by atoms with van der Waals surface area (Å²) in [5.74, 6) is 0.125. The van der Waals surface area contributed by atoms with E-state index in [9.17, 15) is 9.59 Å². The first kappa shape index (κ1) is 21.7. The predicted octanol–water partition coefficient (Wildman–Crippen LogP) is 3.65. The number of nitrogens with zero attached hydrogens (tertiary/aromatic N) is 3. The van der Waals surface area contributed by atoms with E-state index in [-0.39, 0.29) is 6.42 Å². The van der Waals surface area contributed by atoms with Gasteiger partial charge in [-0.3, -0.25) is 4.90 Å². The Bertz CT molecular complexity index is 859. The number of likely N-dealkylation sites (N-methyl/N-ethyl adjacent to an activating group) is 1. The van der Waals surface area contributed by atoms with Crippen molar-refractivity contribution < 1.29 is 23.5 Å². The lowest BCUT2D eigenvalue weighted by Gasteiger charge is -2.29. The first-order valence-electron chi connectivity index (χ1n) is 8.64. The van der Waals surface area contributed by atoms with E-state index in [2.05, 4.69) is 10.2 Å². The molecule has 0 aliphatic heterocycles. The molecule has 28 heavy (non-hydrogen) atoms. The average Bonchev–Trinajstić information content (AvgIpc) is 3.03. The van der Waals surface area contributed by atoms with Gasteiger partial charge in [-0.25, -0.2) is 9.59 Å². The van der Waals surface area contributed by atoms with E-state index >= 15 is 0 Å². The largest absolute Gasteiger partial charge is 0.467 e. The SMILES string of the molecule is COC(=O)[C@H](Cc1cc(Cl)ccc1-c1nnc(C)o1)N(C)C(=O)OC(C)(C)C. The van der Waals surface area contributed by atoms with Crippen molar-refractivity contribution in [2.75, 3.05) is 14.2 Å². The number of benzene rings is 1. The van der Waals surface area contributed by atoms with Crippen molar-refractivity contribution in [1.29, 1.82) is 0 Å². The molecule has 1 aromatic carbocycles. The van der Waals surface area contributed by atoms with Gasteiger partial charge < -0.3 is 13.9 Å². The Morgan fingerprint density at radius 1 is 1.29 bits per heavy atom. The van der Waals surface area contributed by atoms with Crippen LogP contribution in [0.5, 0.6) is 0 Å². The van der Waals surface area contributed by atoms with Gasteiger partial charge in [0.2, 0.25) is 11.8 Å². The molecular formula is C19H24ClN3O5. The zero-order chi connectivity index (χ0) is 21.1. The Kier molecular flexibility index (Phi) is 6.66. The molecule has 2 rings (SSSR count). The molecule has 1 heterocycles. The number of rotatable bonds is 5. The minimum Gasteiger partial charge on any atom is -0.467 e. The summed E-state index contributed by atoms with van der Waals surface area (Å²) in [7, 11) is 2.75. The Morgan fingerprint density at radius 2 is 1.96 bits per heavy atom. The van der Waals surface area contributed by atoms with Gasteiger partial charge in [-0.2, -0.15) is 0 Å². The van der Waals surface area contributed by atoms with Crippen LogP contribution in [0.25, 0.3) is 11.5 Å². The van der Waals surface area contributed by atoms with Crippen LogP contribution in [0.4, 0.5) is 4.79 Å². The fourth-order valence-electron chi connectivity index (χ4n) is 2.53. The molecule has 0 radical (unpaired) electrons. The van der Waals surface area contributed by atoms with Gasteiger partial charge in [0.1, 0.15) is 11.6 Å². The van der Waals surface area contributed by atoms with Crippen LogP contribution < -0.4 is 0 Å². The van der Waals surface area contributed by atoms with E-state index in [1.807, 2.05) is 0 Å². The molecule has 8 nitrogen and oxygen atoms in total. The van der Waals surface area contributed by atoms with Gasteiger partial charge in [0.15, 0.2) is 0 Å². The lowest BCUT2D eigenvalue weighted by Crippen LogP contribution is -2.46. The highest BCUT2D eigenvalue weighted by Crippen LogP contribution is 2.28. The van der Waals surface area contributed by atoms with Gasteiger partial charge in [0.05, 0.1) is 7.11 Å². The first-order valence-corrected chi connectivity index (χ1v) is 9.02. The molecule has 1 atom stereocenters. The summed E-state index contributed by atoms with van der Waals surface area (Å²) in [4.78, 5) is 26.1. The third kappa shape index (κ3) is 5.45. The number of ether oxygens (including phenoxy) is 2. The van der Waals surface area contributed by atoms with Crippen LogP contribution in [-0.2, 0) is 20.7 Å². The molecule has 0 N–H and O–H groups in total. The number of methoxy groups -OCH3 is 1. The third-order valence-electron chi connectivity index (χ3n) is 3.86. The highest BCUT2D eigenvalue weighted by atomic mass is 35.5. The monoisotopic (exact) mass is 409 g/mol. The second-order valence-corrected chi connectivity index (χ2v) is 7.70. The highest BCUT2D eigenvalue weighted by Gasteiger charge is 2.32. The summed E-state index contributed by atoms with van der Waals surface area (Å²) in [5, 5.41) is 8.33. The fraction of sp³-hybridized carbons (Fsp3) is 0.474. The lowest BCUT2D eigenvalue weighted by molar-refractivity contribution is -0.146. The molecule has 0 saturated heterocycles. The highest BCUT2D eigenvalue weighted by molar-refractivity contribution is 6.30. The molecule has 0 bridgehead atoms. The number of hydrogen-bond donors (Lipinski definition) is 0. The van der Waals surface area contributed by atoms with Crippen LogP contribution in [0.15, 0.2) is 22.6 Å². The minimum absolute atomic E-state index is 0.125. The second kappa shape index (κ2) is 8.60. The molecule has 152 valence electrons. The standard InChI is InChI=1S/C19H24ClN3O5/c1-11-21-22-16(27-11)14-8-7-13(20)9-12(14)10-15(17(24)26-6)23(5)18(25)28-19(2,3)4/h7-9,15H,10H2,1-6H3/t15-/m0/s1. The Morgan fingerprint density at radius 3 is 2.50 bits per heavy atom. The van der Waals surface area contributed by atoms with Gasteiger partial charge in [-0.05, 0) is 44.5 Å². The number of halogens is 1. The summed E-state index contributed by atoms with van der Waals surface area (Å²) in [6, 6.07) is 4.17. The van der Waals surface area contributed by atoms with Gasteiger partial charge in [-0.15, -0.1) is 10.2 Å². The quantitative estimate of drug-likeness (QED) is 0.695.